The maximum Gasteiger partial charge on any atom is 0.243 e. The minimum Gasteiger partial charge on any atom is -0.379 e. The largest absolute Gasteiger partial charge is 0.379 e. The van der Waals surface area contributed by atoms with Crippen molar-refractivity contribution < 1.29 is 76.4 Å². The van der Waals surface area contributed by atoms with Crippen LogP contribution in [0.15, 0.2) is 91.0 Å². The van der Waals surface area contributed by atoms with Crippen molar-refractivity contribution in [3.63, 3.8) is 0 Å². The van der Waals surface area contributed by atoms with Gasteiger partial charge in [-0.05, 0) is 96.9 Å². The summed E-state index contributed by atoms with van der Waals surface area (Å²) in [4.78, 5) is 136. The van der Waals surface area contributed by atoms with Gasteiger partial charge in [0.2, 0.25) is 61.9 Å². The molecule has 3 aromatic rings. The first-order chi connectivity index (χ1) is 55.8. The summed E-state index contributed by atoms with van der Waals surface area (Å²) in [5.74, 6) is 0.778. The molecule has 5 heterocycles. The molecular formula is C80H124Br6ClN15O16. The highest BCUT2D eigenvalue weighted by molar-refractivity contribution is 9.20. The van der Waals surface area contributed by atoms with Gasteiger partial charge in [-0.15, -0.1) is 0 Å². The van der Waals surface area contributed by atoms with E-state index < -0.39 is 11.8 Å². The third-order valence-corrected chi connectivity index (χ3v) is 19.2. The van der Waals surface area contributed by atoms with E-state index in [0.29, 0.717) is 139 Å². The number of ether oxygens (including phenoxy) is 5. The van der Waals surface area contributed by atoms with Crippen LogP contribution in [0, 0.1) is 58.0 Å². The molecule has 5 aliphatic heterocycles. The molecule has 0 saturated carbocycles. The van der Waals surface area contributed by atoms with Crippen LogP contribution < -0.4 is 27.4 Å². The van der Waals surface area contributed by atoms with Gasteiger partial charge in [-0.25, -0.2) is 4.90 Å². The summed E-state index contributed by atoms with van der Waals surface area (Å²) in [5.41, 5.74) is 12.0. The molecule has 5 aliphatic rings. The maximum absolute atomic E-state index is 12.8. The molecule has 664 valence electrons. The molecule has 0 bridgehead atoms. The van der Waals surface area contributed by atoms with Crippen LogP contribution in [-0.4, -0.2) is 301 Å². The quantitative estimate of drug-likeness (QED) is 0.0235. The maximum atomic E-state index is 12.8. The molecule has 0 aromatic heterocycles. The molecule has 0 spiro atoms. The average molecular weight is 2070 g/mol. The van der Waals surface area contributed by atoms with Crippen molar-refractivity contribution in [2.75, 3.05) is 205 Å². The Balaban J connectivity index is -0.000000643. The molecule has 0 aliphatic carbocycles. The van der Waals surface area contributed by atoms with Crippen LogP contribution in [0.5, 0.6) is 0 Å². The highest BCUT2D eigenvalue weighted by atomic mass is 79.9. The molecule has 8 amide bonds. The number of alkyl halides is 4. The molecule has 8 rings (SSSR count). The van der Waals surface area contributed by atoms with Crippen LogP contribution in [0.25, 0.3) is 0 Å². The highest BCUT2D eigenvalue weighted by Gasteiger charge is 2.28. The fourth-order valence-electron chi connectivity index (χ4n) is 9.36. The van der Waals surface area contributed by atoms with Crippen LogP contribution in [0.1, 0.15) is 79.5 Å². The number of halogens is 7. The monoisotopic (exact) mass is 2060 g/mol. The molecule has 7 N–H and O–H groups in total. The van der Waals surface area contributed by atoms with Crippen molar-refractivity contribution in [3.8, 4) is 18.6 Å². The number of carbonyl (C=O) groups is 11. The average Bonchev–Trinajstić information content (AvgIpc) is 0.860. The Morgan fingerprint density at radius 1 is 0.475 bits per heavy atom. The molecule has 0 atom stereocenters. The van der Waals surface area contributed by atoms with Crippen LogP contribution >= 0.6 is 107 Å². The van der Waals surface area contributed by atoms with E-state index in [2.05, 4.69) is 145 Å². The second-order valence-corrected chi connectivity index (χ2v) is 31.2. The Morgan fingerprint density at radius 2 is 0.805 bits per heavy atom. The number of carbonyl (C=O) groups excluding carboxylic acids is 11. The Kier molecular flexibility index (Phi) is 79.0. The van der Waals surface area contributed by atoms with Crippen molar-refractivity contribution >= 4 is 169 Å². The highest BCUT2D eigenvalue weighted by Crippen LogP contribution is 2.10. The SMILES string of the molecule is C.C1COCCN1.CC(C)CN.CC(C)CN(CC(=O)N1CCOCC1)C(=O)CBr.CC(C)CN(CC(=O)N1CCOCC1)C(=O)CN(C#N)C(=O)Cc1ccccc1.CC(C)CNCC(=O)N1CCOCC1.N#CN.N#CNC(=O)Cc1ccccc1.O=C(Br)CBr.O=C(Br)CBr.O=C(CBr)N1CCOCC1.O=C(Cl)Cc1ccccc1. The van der Waals surface area contributed by atoms with Crippen molar-refractivity contribution in [3.05, 3.63) is 108 Å². The molecule has 118 heavy (non-hydrogen) atoms. The zero-order valence-corrected chi connectivity index (χ0v) is 78.8. The number of rotatable bonds is 25. The van der Waals surface area contributed by atoms with Crippen molar-refractivity contribution in [1.82, 2.24) is 50.2 Å². The number of nitrogens with one attached hydrogen (secondary N) is 3. The van der Waals surface area contributed by atoms with E-state index in [0.717, 1.165) is 87.2 Å². The molecule has 38 heteroatoms. The number of hydrogen-bond acceptors (Lipinski definition) is 23. The van der Waals surface area contributed by atoms with Gasteiger partial charge in [0.05, 0.1) is 120 Å². The first kappa shape index (κ1) is 118. The fraction of sp³-hybridized carbons (Fsp3) is 0.600. The Hall–Kier alpha value is -6.45. The van der Waals surface area contributed by atoms with Gasteiger partial charge in [-0.3, -0.25) is 58.1 Å². The number of benzene rings is 3. The summed E-state index contributed by atoms with van der Waals surface area (Å²) in [7, 11) is 0. The lowest BCUT2D eigenvalue weighted by atomic mass is 10.1. The smallest absolute Gasteiger partial charge is 0.243 e. The summed E-state index contributed by atoms with van der Waals surface area (Å²) in [6.07, 6.45) is 5.26. The molecule has 0 unspecified atom stereocenters. The normalized spacial score (nSPS) is 13.5. The minimum absolute atomic E-state index is 0. The van der Waals surface area contributed by atoms with Crippen molar-refractivity contribution in [2.24, 2.45) is 35.1 Å². The molecule has 3 aromatic carbocycles. The topological polar surface area (TPSA) is 416 Å². The van der Waals surface area contributed by atoms with E-state index in [1.807, 2.05) is 111 Å². The molecule has 5 fully saturated rings. The van der Waals surface area contributed by atoms with Crippen LogP contribution in [0.4, 0.5) is 0 Å². The lowest BCUT2D eigenvalue weighted by Gasteiger charge is -2.31. The van der Waals surface area contributed by atoms with Crippen LogP contribution in [0.2, 0.25) is 0 Å². The third kappa shape index (κ3) is 69.2. The lowest BCUT2D eigenvalue weighted by Crippen LogP contribution is -2.50. The number of morpholine rings is 5. The number of hydrogen-bond donors (Lipinski definition) is 5. The molecule has 5 saturated heterocycles. The van der Waals surface area contributed by atoms with E-state index in [9.17, 15) is 58.0 Å². The van der Waals surface area contributed by atoms with Gasteiger partial charge in [0.15, 0.2) is 18.6 Å². The summed E-state index contributed by atoms with van der Waals surface area (Å²) in [6, 6.07) is 27.8. The summed E-state index contributed by atoms with van der Waals surface area (Å²) in [6.45, 7) is 33.2. The summed E-state index contributed by atoms with van der Waals surface area (Å²) < 4.78 is 25.7. The molecular weight excluding hydrogens is 1940 g/mol. The van der Waals surface area contributed by atoms with Crippen LogP contribution in [0.3, 0.4) is 0 Å². The fourth-order valence-corrected chi connectivity index (χ4v) is 10.2. The predicted molar refractivity (Wildman–Crippen MR) is 480 cm³/mol. The molecule has 0 radical (unpaired) electrons. The first-order valence-electron chi connectivity index (χ1n) is 37.9. The minimum atomic E-state index is -0.448. The summed E-state index contributed by atoms with van der Waals surface area (Å²) >= 11 is 22.7. The van der Waals surface area contributed by atoms with Gasteiger partial charge in [-0.2, -0.15) is 15.8 Å². The van der Waals surface area contributed by atoms with E-state index >= 15 is 0 Å². The first-order valence-corrected chi connectivity index (χ1v) is 44.3. The van der Waals surface area contributed by atoms with Gasteiger partial charge >= 0.3 is 0 Å². The van der Waals surface area contributed by atoms with E-state index in [4.69, 9.17) is 51.5 Å². The molecule has 31 nitrogen and oxygen atoms in total. The second kappa shape index (κ2) is 79.1. The standard InChI is InChI=1S/C21H28N4O4.C12H21BrN2O3.C10H20N2O2.C9H8N2O.C8H7ClO.C6H10BrNO2.C4H9NO.C4H11N.2C2H2Br2O.CH2N2.CH4/c1-17(2)13-24(14-20(27)23-8-10-29-11-9-23)21(28)15-25(16-22)19(26)12-18-6-4-3-5-7-18;1-10(2)8-15(11(16)7-13)9-12(17)14-3-5-18-6-4-14;1-9(2)7-11-8-10(13)12-3-5-14-6-4-12;10-7-11-9(12)6-8-4-2-1-3-5-8;9-8(10)6-7-4-2-1-3-5-7;7-5-6(9)8-1-3-10-4-2-8;1-3-6-4-2-5-1;1-4(2)3-5;2*3-1-2(4)5;2-1-3;/h3-7,17H,8-15H2,1-2H3;10H,3-9H2,1-2H3;9,11H,3-8H2,1-2H3;1-5H,6H2,(H,11,12);1-5H,6H2;1-5H2;5H,1-4H2;4H,3,5H2,1-2H3;2*1H2;2H2;1H4. The van der Waals surface area contributed by atoms with Crippen molar-refractivity contribution in [2.45, 2.75) is 82.1 Å². The zero-order valence-electron chi connectivity index (χ0n) is 68.5. The number of nitrogens with zero attached hydrogens (tertiary/aromatic N) is 10. The zero-order chi connectivity index (χ0) is 88.6. The van der Waals surface area contributed by atoms with Gasteiger partial charge < -0.3 is 75.2 Å². The van der Waals surface area contributed by atoms with Gasteiger partial charge in [0.1, 0.15) is 6.54 Å². The number of amides is 8. The third-order valence-electron chi connectivity index (χ3n) is 15.1. The van der Waals surface area contributed by atoms with Gasteiger partial charge in [0.25, 0.3) is 0 Å². The number of nitrogens with two attached hydrogens (primary N) is 2. The van der Waals surface area contributed by atoms with Gasteiger partial charge in [-0.1, -0.05) is 218 Å². The Morgan fingerprint density at radius 3 is 1.08 bits per heavy atom. The van der Waals surface area contributed by atoms with Gasteiger partial charge in [0, 0.05) is 85.0 Å². The lowest BCUT2D eigenvalue weighted by molar-refractivity contribution is -0.144. The second-order valence-electron chi connectivity index (χ2n) is 26.8. The Bertz CT molecular complexity index is 3300. The van der Waals surface area contributed by atoms with E-state index in [-0.39, 0.29) is 101 Å². The predicted octanol–water partition coefficient (Wildman–Crippen LogP) is 7.63. The number of nitriles is 3. The Labute approximate surface area is 754 Å². The summed E-state index contributed by atoms with van der Waals surface area (Å²) in [5, 5.41) is 34.1. The van der Waals surface area contributed by atoms with Crippen LogP contribution in [-0.2, 0) is 95.7 Å². The van der Waals surface area contributed by atoms with Crippen molar-refractivity contribution in [1.29, 1.82) is 15.8 Å². The van der Waals surface area contributed by atoms with E-state index in [1.165, 1.54) is 11.1 Å². The van der Waals surface area contributed by atoms with E-state index in [1.54, 1.807) is 44.1 Å².